The van der Waals surface area contributed by atoms with E-state index in [4.69, 9.17) is 4.74 Å². The summed E-state index contributed by atoms with van der Waals surface area (Å²) >= 11 is 0. The van der Waals surface area contributed by atoms with Crippen molar-refractivity contribution in [2.75, 3.05) is 13.2 Å². The Kier molecular flexibility index (Phi) is 8.62. The lowest BCUT2D eigenvalue weighted by atomic mass is 9.89. The molecule has 8 nitrogen and oxygen atoms in total. The number of benzene rings is 1. The third-order valence-electron chi connectivity index (χ3n) is 7.33. The molecule has 1 unspecified atom stereocenters. The van der Waals surface area contributed by atoms with Gasteiger partial charge in [0, 0.05) is 37.4 Å². The van der Waals surface area contributed by atoms with E-state index >= 15 is 0 Å². The lowest BCUT2D eigenvalue weighted by molar-refractivity contribution is 0.0463. The van der Waals surface area contributed by atoms with E-state index in [2.05, 4.69) is 9.97 Å². The predicted molar refractivity (Wildman–Crippen MR) is 141 cm³/mol. The van der Waals surface area contributed by atoms with Gasteiger partial charge in [0.15, 0.2) is 4.90 Å². The summed E-state index contributed by atoms with van der Waals surface area (Å²) in [4.78, 5) is 20.9. The van der Waals surface area contributed by atoms with Crippen LogP contribution in [-0.4, -0.2) is 41.3 Å². The SMILES string of the molecule is CCCCc1nc(O)c(S(=O)(=O)c2ccc(-c3ccnc(F)c3C)cc2)c(=O)n1C(CC)C1CCOCC1. The minimum atomic E-state index is -4.41. The number of hydrogen-bond acceptors (Lipinski definition) is 7. The molecule has 4 rings (SSSR count). The molecule has 1 N–H and O–H groups in total. The van der Waals surface area contributed by atoms with Crippen LogP contribution in [0.25, 0.3) is 11.1 Å². The number of ether oxygens (including phenoxy) is 1. The minimum absolute atomic E-state index is 0.136. The van der Waals surface area contributed by atoms with Gasteiger partial charge in [-0.1, -0.05) is 32.4 Å². The molecular formula is C28H34FN3O5S. The average Bonchev–Trinajstić information content (AvgIpc) is 2.91. The molecule has 0 amide bonds. The smallest absolute Gasteiger partial charge is 0.277 e. The highest BCUT2D eigenvalue weighted by Gasteiger charge is 2.33. The Morgan fingerprint density at radius 2 is 1.84 bits per heavy atom. The summed E-state index contributed by atoms with van der Waals surface area (Å²) in [7, 11) is -4.41. The van der Waals surface area contributed by atoms with Crippen molar-refractivity contribution in [2.45, 2.75) is 75.1 Å². The fourth-order valence-electron chi connectivity index (χ4n) is 5.22. The number of sulfone groups is 1. The Bertz CT molecular complexity index is 1450. The molecule has 1 fully saturated rings. The molecule has 3 heterocycles. The number of aromatic nitrogens is 3. The van der Waals surface area contributed by atoms with Crippen LogP contribution < -0.4 is 5.56 Å². The predicted octanol–water partition coefficient (Wildman–Crippen LogP) is 5.01. The molecule has 2 aromatic heterocycles. The van der Waals surface area contributed by atoms with Gasteiger partial charge < -0.3 is 9.84 Å². The molecule has 3 aromatic rings. The van der Waals surface area contributed by atoms with Crippen LogP contribution in [-0.2, 0) is 21.0 Å². The third kappa shape index (κ3) is 5.37. The van der Waals surface area contributed by atoms with Crippen LogP contribution in [0.1, 0.15) is 63.4 Å². The average molecular weight is 544 g/mol. The van der Waals surface area contributed by atoms with E-state index in [1.807, 2.05) is 13.8 Å². The zero-order valence-electron chi connectivity index (χ0n) is 22.0. The van der Waals surface area contributed by atoms with Gasteiger partial charge in [-0.2, -0.15) is 9.37 Å². The van der Waals surface area contributed by atoms with Gasteiger partial charge in [0.2, 0.25) is 21.7 Å². The van der Waals surface area contributed by atoms with Gasteiger partial charge >= 0.3 is 0 Å². The Labute approximate surface area is 222 Å². The summed E-state index contributed by atoms with van der Waals surface area (Å²) in [6, 6.07) is 7.19. The van der Waals surface area contributed by atoms with Gasteiger partial charge in [-0.3, -0.25) is 9.36 Å². The van der Waals surface area contributed by atoms with Gasteiger partial charge in [0.1, 0.15) is 5.82 Å². The summed E-state index contributed by atoms with van der Waals surface area (Å²) in [5.41, 5.74) is 0.770. The Hall–Kier alpha value is -3.11. The molecule has 1 aliphatic heterocycles. The molecule has 0 saturated carbocycles. The van der Waals surface area contributed by atoms with E-state index < -0.39 is 32.1 Å². The van der Waals surface area contributed by atoms with Crippen molar-refractivity contribution >= 4 is 9.84 Å². The number of halogens is 1. The van der Waals surface area contributed by atoms with Crippen molar-refractivity contribution in [3.8, 4) is 17.0 Å². The molecule has 1 atom stereocenters. The Morgan fingerprint density at radius 3 is 2.47 bits per heavy atom. The van der Waals surface area contributed by atoms with Crippen LogP contribution in [0.15, 0.2) is 51.1 Å². The molecule has 0 spiro atoms. The molecule has 38 heavy (non-hydrogen) atoms. The largest absolute Gasteiger partial charge is 0.492 e. The van der Waals surface area contributed by atoms with E-state index in [0.717, 1.165) is 25.7 Å². The first-order valence-electron chi connectivity index (χ1n) is 13.1. The molecule has 1 saturated heterocycles. The maximum absolute atomic E-state index is 13.9. The molecule has 0 aliphatic carbocycles. The van der Waals surface area contributed by atoms with Crippen LogP contribution in [0.5, 0.6) is 5.88 Å². The highest BCUT2D eigenvalue weighted by Crippen LogP contribution is 2.33. The standard InChI is InChI=1S/C28H34FN3O5S/c1-4-6-7-24-31-27(33)25(28(34)32(24)23(5-2)20-13-16-37-17-14-20)38(35,36)21-10-8-19(9-11-21)22-12-15-30-26(29)18(22)3/h8-12,15,20,23,33H,4-7,13-14,16-17H2,1-3H3. The maximum atomic E-state index is 13.9. The maximum Gasteiger partial charge on any atom is 0.277 e. The zero-order valence-corrected chi connectivity index (χ0v) is 22.8. The molecule has 1 aliphatic rings. The summed E-state index contributed by atoms with van der Waals surface area (Å²) in [6.45, 7) is 6.76. The topological polar surface area (TPSA) is 111 Å². The van der Waals surface area contributed by atoms with E-state index in [1.54, 1.807) is 25.1 Å². The summed E-state index contributed by atoms with van der Waals surface area (Å²) in [5.74, 6) is -0.849. The van der Waals surface area contributed by atoms with Gasteiger partial charge in [-0.15, -0.1) is 0 Å². The van der Waals surface area contributed by atoms with Crippen LogP contribution in [0.4, 0.5) is 4.39 Å². The molecule has 1 aromatic carbocycles. The molecule has 204 valence electrons. The van der Waals surface area contributed by atoms with Crippen LogP contribution in [0, 0.1) is 18.8 Å². The quantitative estimate of drug-likeness (QED) is 0.378. The van der Waals surface area contributed by atoms with Crippen LogP contribution in [0.2, 0.25) is 0 Å². The Balaban J connectivity index is 1.81. The number of nitrogens with zero attached hydrogens (tertiary/aromatic N) is 3. The number of rotatable bonds is 9. The van der Waals surface area contributed by atoms with Crippen molar-refractivity contribution in [1.29, 1.82) is 0 Å². The zero-order chi connectivity index (χ0) is 27.4. The number of aromatic hydroxyl groups is 1. The fourth-order valence-corrected chi connectivity index (χ4v) is 6.56. The van der Waals surface area contributed by atoms with Gasteiger partial charge in [-0.25, -0.2) is 13.4 Å². The van der Waals surface area contributed by atoms with E-state index in [1.165, 1.54) is 22.9 Å². The van der Waals surface area contributed by atoms with E-state index in [9.17, 15) is 22.7 Å². The lowest BCUT2D eigenvalue weighted by Crippen LogP contribution is -2.37. The van der Waals surface area contributed by atoms with Crippen molar-refractivity contribution in [2.24, 2.45) is 5.92 Å². The van der Waals surface area contributed by atoms with Gasteiger partial charge in [0.25, 0.3) is 5.56 Å². The molecule has 0 bridgehead atoms. The van der Waals surface area contributed by atoms with Crippen LogP contribution >= 0.6 is 0 Å². The Morgan fingerprint density at radius 1 is 1.16 bits per heavy atom. The molecule has 10 heteroatoms. The number of unbranched alkanes of at least 4 members (excludes halogenated alkanes) is 1. The van der Waals surface area contributed by atoms with Crippen molar-refractivity contribution in [3.05, 3.63) is 64.2 Å². The lowest BCUT2D eigenvalue weighted by Gasteiger charge is -2.32. The van der Waals surface area contributed by atoms with Gasteiger partial charge in [0.05, 0.1) is 4.90 Å². The summed E-state index contributed by atoms with van der Waals surface area (Å²) in [5, 5.41) is 10.8. The normalized spacial score (nSPS) is 15.5. The second-order valence-corrected chi connectivity index (χ2v) is 11.6. The number of pyridine rings is 1. The molecule has 0 radical (unpaired) electrons. The van der Waals surface area contributed by atoms with Crippen molar-refractivity contribution in [1.82, 2.24) is 14.5 Å². The van der Waals surface area contributed by atoms with E-state index in [-0.39, 0.29) is 16.9 Å². The first-order chi connectivity index (χ1) is 18.2. The minimum Gasteiger partial charge on any atom is -0.492 e. The monoisotopic (exact) mass is 543 g/mol. The third-order valence-corrected chi connectivity index (χ3v) is 9.12. The second-order valence-electron chi connectivity index (χ2n) is 9.69. The second kappa shape index (κ2) is 11.7. The fraction of sp³-hybridized carbons (Fsp3) is 0.464. The van der Waals surface area contributed by atoms with Crippen LogP contribution in [0.3, 0.4) is 0 Å². The summed E-state index contributed by atoms with van der Waals surface area (Å²) < 4.78 is 48.4. The number of hydrogen-bond donors (Lipinski definition) is 1. The van der Waals surface area contributed by atoms with Gasteiger partial charge in [-0.05, 0) is 67.9 Å². The van der Waals surface area contributed by atoms with E-state index in [0.29, 0.717) is 48.6 Å². The highest BCUT2D eigenvalue weighted by atomic mass is 32.2. The first-order valence-corrected chi connectivity index (χ1v) is 14.6. The van der Waals surface area contributed by atoms with Crippen molar-refractivity contribution < 1.29 is 22.7 Å². The first kappa shape index (κ1) is 27.9. The molecular weight excluding hydrogens is 509 g/mol. The number of aryl methyl sites for hydroxylation is 1. The summed E-state index contributed by atoms with van der Waals surface area (Å²) in [6.07, 6.45) is 5.55. The highest BCUT2D eigenvalue weighted by molar-refractivity contribution is 7.91. The van der Waals surface area contributed by atoms with Crippen molar-refractivity contribution in [3.63, 3.8) is 0 Å².